The summed E-state index contributed by atoms with van der Waals surface area (Å²) in [6.07, 6.45) is 5.23. The number of pyridine rings is 2. The Morgan fingerprint density at radius 2 is 1.88 bits per heavy atom. The number of rotatable bonds is 3. The molecule has 0 unspecified atom stereocenters. The third kappa shape index (κ3) is 2.55. The molecule has 0 spiro atoms. The standard InChI is InChI=1S/C18H16N6O/c1-11-4-3-5-14(21-11)18-22-12(2)9-23(18)13-6-7-16-20-8-15(17(19)25)24(16)10-13/h3-10H,1-2H3,(H2,19,25). The van der Waals surface area contributed by atoms with Gasteiger partial charge in [-0.05, 0) is 38.1 Å². The molecular weight excluding hydrogens is 316 g/mol. The quantitative estimate of drug-likeness (QED) is 0.623. The number of nitrogens with two attached hydrogens (primary N) is 1. The predicted octanol–water partition coefficient (Wildman–Crippen LogP) is 2.30. The molecule has 0 radical (unpaired) electrons. The summed E-state index contributed by atoms with van der Waals surface area (Å²) >= 11 is 0. The largest absolute Gasteiger partial charge is 0.364 e. The lowest BCUT2D eigenvalue weighted by atomic mass is 10.3. The fourth-order valence-corrected chi connectivity index (χ4v) is 2.84. The number of fused-ring (bicyclic) bond motifs is 1. The normalized spacial score (nSPS) is 11.1. The Balaban J connectivity index is 1.92. The Bertz CT molecular complexity index is 1110. The third-order valence-electron chi connectivity index (χ3n) is 3.96. The van der Waals surface area contributed by atoms with Gasteiger partial charge in [-0.1, -0.05) is 6.07 Å². The third-order valence-corrected chi connectivity index (χ3v) is 3.96. The second-order valence-corrected chi connectivity index (χ2v) is 5.86. The molecular formula is C18H16N6O. The molecule has 124 valence electrons. The van der Waals surface area contributed by atoms with E-state index < -0.39 is 5.91 Å². The van der Waals surface area contributed by atoms with Gasteiger partial charge in [0.2, 0.25) is 0 Å². The van der Waals surface area contributed by atoms with Gasteiger partial charge in [0.1, 0.15) is 17.0 Å². The maximum Gasteiger partial charge on any atom is 0.267 e. The fourth-order valence-electron chi connectivity index (χ4n) is 2.84. The second-order valence-electron chi connectivity index (χ2n) is 5.86. The second kappa shape index (κ2) is 5.55. The minimum Gasteiger partial charge on any atom is -0.364 e. The lowest BCUT2D eigenvalue weighted by molar-refractivity contribution is 0.0995. The van der Waals surface area contributed by atoms with Crippen LogP contribution in [0.4, 0.5) is 0 Å². The zero-order valence-electron chi connectivity index (χ0n) is 13.8. The summed E-state index contributed by atoms with van der Waals surface area (Å²) in [5.41, 5.74) is 9.84. The van der Waals surface area contributed by atoms with E-state index in [1.165, 1.54) is 6.20 Å². The Kier molecular flexibility index (Phi) is 3.35. The van der Waals surface area contributed by atoms with Crippen LogP contribution >= 0.6 is 0 Å². The van der Waals surface area contributed by atoms with Crippen molar-refractivity contribution in [1.82, 2.24) is 23.9 Å². The van der Waals surface area contributed by atoms with Crippen LogP contribution in [0.3, 0.4) is 0 Å². The van der Waals surface area contributed by atoms with Gasteiger partial charge in [-0.15, -0.1) is 0 Å². The molecule has 2 N–H and O–H groups in total. The molecule has 0 saturated heterocycles. The van der Waals surface area contributed by atoms with Crippen molar-refractivity contribution < 1.29 is 4.79 Å². The molecule has 7 heteroatoms. The number of hydrogen-bond acceptors (Lipinski definition) is 4. The number of carbonyl (C=O) groups excluding carboxylic acids is 1. The van der Waals surface area contributed by atoms with Crippen molar-refractivity contribution in [3.05, 3.63) is 66.0 Å². The molecule has 4 aromatic heterocycles. The van der Waals surface area contributed by atoms with E-state index in [1.807, 2.05) is 61.1 Å². The molecule has 0 saturated carbocycles. The number of aromatic nitrogens is 5. The summed E-state index contributed by atoms with van der Waals surface area (Å²) in [6, 6.07) is 9.59. The van der Waals surface area contributed by atoms with E-state index in [2.05, 4.69) is 15.0 Å². The number of amides is 1. The van der Waals surface area contributed by atoms with Crippen LogP contribution in [0.2, 0.25) is 0 Å². The van der Waals surface area contributed by atoms with E-state index in [1.54, 1.807) is 4.40 Å². The molecule has 0 aliphatic heterocycles. The molecule has 0 atom stereocenters. The maximum absolute atomic E-state index is 11.6. The van der Waals surface area contributed by atoms with Crippen LogP contribution in [0, 0.1) is 13.8 Å². The molecule has 4 heterocycles. The van der Waals surface area contributed by atoms with Crippen molar-refractivity contribution in [2.45, 2.75) is 13.8 Å². The number of aryl methyl sites for hydroxylation is 2. The van der Waals surface area contributed by atoms with Gasteiger partial charge in [0.25, 0.3) is 5.91 Å². The van der Waals surface area contributed by atoms with Crippen molar-refractivity contribution >= 4 is 11.6 Å². The van der Waals surface area contributed by atoms with Crippen LogP contribution < -0.4 is 5.73 Å². The van der Waals surface area contributed by atoms with E-state index >= 15 is 0 Å². The average Bonchev–Trinajstić information content (AvgIpc) is 3.17. The molecule has 4 aromatic rings. The van der Waals surface area contributed by atoms with Crippen LogP contribution in [-0.4, -0.2) is 29.8 Å². The Morgan fingerprint density at radius 1 is 1.04 bits per heavy atom. The Labute approximate surface area is 143 Å². The van der Waals surface area contributed by atoms with Crippen LogP contribution in [0.1, 0.15) is 21.9 Å². The Hall–Kier alpha value is -3.48. The number of hydrogen-bond donors (Lipinski definition) is 1. The highest BCUT2D eigenvalue weighted by Gasteiger charge is 2.14. The smallest absolute Gasteiger partial charge is 0.267 e. The van der Waals surface area contributed by atoms with Gasteiger partial charge in [-0.2, -0.15) is 0 Å². The van der Waals surface area contributed by atoms with E-state index in [-0.39, 0.29) is 0 Å². The molecule has 0 aliphatic carbocycles. The topological polar surface area (TPSA) is 91.1 Å². The molecule has 0 aromatic carbocycles. The first kappa shape index (κ1) is 15.1. The number of primary amides is 1. The molecule has 7 nitrogen and oxygen atoms in total. The first-order valence-corrected chi connectivity index (χ1v) is 7.80. The van der Waals surface area contributed by atoms with Gasteiger partial charge in [-0.3, -0.25) is 13.8 Å². The molecule has 1 amide bonds. The van der Waals surface area contributed by atoms with E-state index in [0.29, 0.717) is 11.3 Å². The lowest BCUT2D eigenvalue weighted by Gasteiger charge is -2.09. The first-order valence-electron chi connectivity index (χ1n) is 7.80. The van der Waals surface area contributed by atoms with Crippen molar-refractivity contribution in [2.75, 3.05) is 0 Å². The summed E-state index contributed by atoms with van der Waals surface area (Å²) in [7, 11) is 0. The van der Waals surface area contributed by atoms with Crippen LogP contribution in [0.25, 0.3) is 22.9 Å². The highest BCUT2D eigenvalue weighted by Crippen LogP contribution is 2.22. The Morgan fingerprint density at radius 3 is 2.64 bits per heavy atom. The van der Waals surface area contributed by atoms with Crippen molar-refractivity contribution in [3.63, 3.8) is 0 Å². The monoisotopic (exact) mass is 332 g/mol. The SMILES string of the molecule is Cc1cccc(-c2nc(C)cn2-c2ccc3ncc(C(N)=O)n3c2)n1. The highest BCUT2D eigenvalue weighted by molar-refractivity contribution is 5.91. The fraction of sp³-hybridized carbons (Fsp3) is 0.111. The first-order chi connectivity index (χ1) is 12.0. The minimum absolute atomic E-state index is 0.337. The van der Waals surface area contributed by atoms with Crippen LogP contribution in [0.5, 0.6) is 0 Å². The van der Waals surface area contributed by atoms with Gasteiger partial charge in [0.05, 0.1) is 17.6 Å². The number of nitrogens with zero attached hydrogens (tertiary/aromatic N) is 5. The number of imidazole rings is 2. The van der Waals surface area contributed by atoms with E-state index in [4.69, 9.17) is 5.73 Å². The predicted molar refractivity (Wildman–Crippen MR) is 93.5 cm³/mol. The summed E-state index contributed by atoms with van der Waals surface area (Å²) < 4.78 is 3.63. The highest BCUT2D eigenvalue weighted by atomic mass is 16.1. The lowest BCUT2D eigenvalue weighted by Crippen LogP contribution is -2.13. The zero-order chi connectivity index (χ0) is 17.6. The summed E-state index contributed by atoms with van der Waals surface area (Å²) in [4.78, 5) is 25.0. The van der Waals surface area contributed by atoms with Crippen molar-refractivity contribution in [1.29, 1.82) is 0 Å². The summed E-state index contributed by atoms with van der Waals surface area (Å²) in [5, 5.41) is 0. The molecule has 0 fully saturated rings. The maximum atomic E-state index is 11.6. The van der Waals surface area contributed by atoms with Gasteiger partial charge in [-0.25, -0.2) is 15.0 Å². The van der Waals surface area contributed by atoms with E-state index in [9.17, 15) is 4.79 Å². The van der Waals surface area contributed by atoms with Gasteiger partial charge >= 0.3 is 0 Å². The van der Waals surface area contributed by atoms with Gasteiger partial charge in [0.15, 0.2) is 5.82 Å². The molecule has 0 aliphatic rings. The average molecular weight is 332 g/mol. The van der Waals surface area contributed by atoms with Gasteiger partial charge in [0, 0.05) is 18.1 Å². The summed E-state index contributed by atoms with van der Waals surface area (Å²) in [5.74, 6) is 0.216. The molecule has 25 heavy (non-hydrogen) atoms. The van der Waals surface area contributed by atoms with Gasteiger partial charge < -0.3 is 5.73 Å². The van der Waals surface area contributed by atoms with E-state index in [0.717, 1.165) is 28.6 Å². The van der Waals surface area contributed by atoms with Crippen molar-refractivity contribution in [2.24, 2.45) is 5.73 Å². The van der Waals surface area contributed by atoms with Crippen LogP contribution in [0.15, 0.2) is 48.9 Å². The summed E-state index contributed by atoms with van der Waals surface area (Å²) in [6.45, 7) is 3.88. The van der Waals surface area contributed by atoms with Crippen molar-refractivity contribution in [3.8, 4) is 17.2 Å². The molecule has 4 rings (SSSR count). The number of carbonyl (C=O) groups is 1. The zero-order valence-corrected chi connectivity index (χ0v) is 13.8. The van der Waals surface area contributed by atoms with Crippen LogP contribution in [-0.2, 0) is 0 Å². The minimum atomic E-state index is -0.521. The molecule has 0 bridgehead atoms.